The second kappa shape index (κ2) is 9.56. The molecule has 0 bridgehead atoms. The number of nitrogens with one attached hydrogen (secondary N) is 2. The standard InChI is InChI=1S/C25H26F3N9O/c1-13-10-37(11-14(2)32-13)16-6-4-15(5-7-16)33-24-21(23(29)38)34-20(22(35-24)25(26,27)28)17-8-30-9-18-19(17)31-12-36(18)3/h4-9,12-14,32H,10-11H2,1-3H3,(H2,29,38)(H,33,35)/t13-,14+. The van der Waals surface area contributed by atoms with Crippen LogP contribution in [0.1, 0.15) is 30.0 Å². The number of aryl methyl sites for hydroxylation is 1. The molecule has 0 spiro atoms. The Morgan fingerprint density at radius 3 is 2.42 bits per heavy atom. The van der Waals surface area contributed by atoms with Crippen molar-refractivity contribution in [2.24, 2.45) is 12.8 Å². The number of primary amides is 1. The van der Waals surface area contributed by atoms with Gasteiger partial charge in [-0.1, -0.05) is 0 Å². The Bertz CT molecular complexity index is 1490. The van der Waals surface area contributed by atoms with E-state index in [9.17, 15) is 18.0 Å². The van der Waals surface area contributed by atoms with Crippen LogP contribution < -0.4 is 21.3 Å². The highest BCUT2D eigenvalue weighted by molar-refractivity contribution is 5.98. The second-order valence-electron chi connectivity index (χ2n) is 9.44. The average Bonchev–Trinajstić information content (AvgIpc) is 3.24. The number of carbonyl (C=O) groups is 1. The van der Waals surface area contributed by atoms with Crippen LogP contribution in [0.5, 0.6) is 0 Å². The van der Waals surface area contributed by atoms with Crippen molar-refractivity contribution in [3.63, 3.8) is 0 Å². The van der Waals surface area contributed by atoms with Gasteiger partial charge in [0.25, 0.3) is 5.91 Å². The maximum absolute atomic E-state index is 14.2. The fourth-order valence-corrected chi connectivity index (χ4v) is 4.73. The number of amides is 1. The number of rotatable bonds is 5. The van der Waals surface area contributed by atoms with Gasteiger partial charge < -0.3 is 25.8 Å². The summed E-state index contributed by atoms with van der Waals surface area (Å²) in [7, 11) is 1.69. The number of halogens is 3. The zero-order valence-electron chi connectivity index (χ0n) is 20.9. The quantitative estimate of drug-likeness (QED) is 0.362. The lowest BCUT2D eigenvalue weighted by molar-refractivity contribution is -0.140. The molecule has 13 heteroatoms. The van der Waals surface area contributed by atoms with Gasteiger partial charge in [0.2, 0.25) is 0 Å². The van der Waals surface area contributed by atoms with E-state index in [-0.39, 0.29) is 11.1 Å². The molecule has 1 aliphatic rings. The van der Waals surface area contributed by atoms with Crippen molar-refractivity contribution in [1.82, 2.24) is 29.8 Å². The monoisotopic (exact) mass is 525 g/mol. The molecular weight excluding hydrogens is 499 g/mol. The molecule has 3 aromatic heterocycles. The summed E-state index contributed by atoms with van der Waals surface area (Å²) in [6.45, 7) is 5.86. The molecule has 0 aliphatic carbocycles. The number of carbonyl (C=O) groups excluding carboxylic acids is 1. The molecule has 5 rings (SSSR count). The molecule has 1 saturated heterocycles. The summed E-state index contributed by atoms with van der Waals surface area (Å²) in [5, 5.41) is 6.26. The molecule has 4 heterocycles. The Hall–Kier alpha value is -4.26. The lowest BCUT2D eigenvalue weighted by Gasteiger charge is -2.37. The van der Waals surface area contributed by atoms with Gasteiger partial charge >= 0.3 is 6.18 Å². The Kier molecular flexibility index (Phi) is 6.39. The number of benzene rings is 1. The van der Waals surface area contributed by atoms with Gasteiger partial charge in [-0.05, 0) is 38.1 Å². The summed E-state index contributed by atoms with van der Waals surface area (Å²) in [5.41, 5.74) is 5.35. The number of piperazine rings is 1. The summed E-state index contributed by atoms with van der Waals surface area (Å²) >= 11 is 0. The van der Waals surface area contributed by atoms with Crippen molar-refractivity contribution < 1.29 is 18.0 Å². The van der Waals surface area contributed by atoms with Crippen molar-refractivity contribution in [2.45, 2.75) is 32.1 Å². The van der Waals surface area contributed by atoms with Gasteiger partial charge in [-0.3, -0.25) is 9.78 Å². The maximum atomic E-state index is 14.2. The molecule has 10 nitrogen and oxygen atoms in total. The molecule has 1 fully saturated rings. The Morgan fingerprint density at radius 2 is 1.79 bits per heavy atom. The molecule has 38 heavy (non-hydrogen) atoms. The molecule has 1 aliphatic heterocycles. The number of nitrogens with zero attached hydrogens (tertiary/aromatic N) is 6. The van der Waals surface area contributed by atoms with Crippen molar-refractivity contribution in [2.75, 3.05) is 23.3 Å². The number of aromatic nitrogens is 5. The van der Waals surface area contributed by atoms with E-state index in [1.807, 2.05) is 12.1 Å². The summed E-state index contributed by atoms with van der Waals surface area (Å²) in [6.07, 6.45) is -0.746. The highest BCUT2D eigenvalue weighted by Gasteiger charge is 2.39. The van der Waals surface area contributed by atoms with Gasteiger partial charge in [0.05, 0.1) is 18.0 Å². The van der Waals surface area contributed by atoms with Crippen LogP contribution >= 0.6 is 0 Å². The van der Waals surface area contributed by atoms with Gasteiger partial charge in [0.15, 0.2) is 17.2 Å². The fraction of sp³-hybridized carbons (Fsp3) is 0.320. The van der Waals surface area contributed by atoms with Gasteiger partial charge in [-0.2, -0.15) is 13.2 Å². The minimum absolute atomic E-state index is 0.0131. The number of anilines is 3. The van der Waals surface area contributed by atoms with E-state index in [0.717, 1.165) is 18.8 Å². The molecule has 0 saturated carbocycles. The summed E-state index contributed by atoms with van der Waals surface area (Å²) in [4.78, 5) is 30.6. The topological polar surface area (TPSA) is 127 Å². The first-order valence-electron chi connectivity index (χ1n) is 11.9. The van der Waals surface area contributed by atoms with Gasteiger partial charge in [0.1, 0.15) is 11.2 Å². The van der Waals surface area contributed by atoms with Crippen LogP contribution in [-0.2, 0) is 13.2 Å². The molecule has 198 valence electrons. The van der Waals surface area contributed by atoms with E-state index < -0.39 is 35.0 Å². The molecule has 1 aromatic carbocycles. The second-order valence-corrected chi connectivity index (χ2v) is 9.44. The number of pyridine rings is 1. The zero-order valence-corrected chi connectivity index (χ0v) is 20.9. The van der Waals surface area contributed by atoms with Crippen molar-refractivity contribution in [3.8, 4) is 11.3 Å². The van der Waals surface area contributed by atoms with E-state index in [1.165, 1.54) is 18.7 Å². The van der Waals surface area contributed by atoms with E-state index in [0.29, 0.717) is 23.3 Å². The predicted molar refractivity (Wildman–Crippen MR) is 137 cm³/mol. The third-order valence-electron chi connectivity index (χ3n) is 6.34. The maximum Gasteiger partial charge on any atom is 0.435 e. The number of alkyl halides is 3. The van der Waals surface area contributed by atoms with Crippen LogP contribution in [0.15, 0.2) is 43.0 Å². The van der Waals surface area contributed by atoms with E-state index in [4.69, 9.17) is 5.73 Å². The number of nitrogens with two attached hydrogens (primary N) is 1. The average molecular weight is 526 g/mol. The van der Waals surface area contributed by atoms with Gasteiger partial charge in [0, 0.05) is 55.4 Å². The SMILES string of the molecule is C[C@@H]1CN(c2ccc(Nc3nc(C(F)(F)F)c(-c4cncc5c4ncn5C)nc3C(N)=O)cc2)C[C@H](C)N1. The molecule has 4 N–H and O–H groups in total. The third-order valence-corrected chi connectivity index (χ3v) is 6.34. The summed E-state index contributed by atoms with van der Waals surface area (Å²) < 4.78 is 44.2. The van der Waals surface area contributed by atoms with Crippen LogP contribution in [0.3, 0.4) is 0 Å². The van der Waals surface area contributed by atoms with E-state index >= 15 is 0 Å². The first kappa shape index (κ1) is 25.4. The number of fused-ring (bicyclic) bond motifs is 1. The Balaban J connectivity index is 1.54. The minimum Gasteiger partial charge on any atom is -0.368 e. The first-order chi connectivity index (χ1) is 18.0. The largest absolute Gasteiger partial charge is 0.435 e. The van der Waals surface area contributed by atoms with Crippen LogP contribution in [-0.4, -0.2) is 55.6 Å². The van der Waals surface area contributed by atoms with Crippen molar-refractivity contribution in [3.05, 3.63) is 54.4 Å². The lowest BCUT2D eigenvalue weighted by Crippen LogP contribution is -2.54. The highest BCUT2D eigenvalue weighted by Crippen LogP contribution is 2.38. The lowest BCUT2D eigenvalue weighted by atomic mass is 10.1. The molecule has 4 aromatic rings. The normalized spacial score (nSPS) is 18.1. The van der Waals surface area contributed by atoms with Gasteiger partial charge in [-0.15, -0.1) is 0 Å². The van der Waals surface area contributed by atoms with Crippen LogP contribution in [0.2, 0.25) is 0 Å². The predicted octanol–water partition coefficient (Wildman–Crippen LogP) is 3.47. The number of imidazole rings is 1. The van der Waals surface area contributed by atoms with Crippen LogP contribution in [0.4, 0.5) is 30.4 Å². The molecule has 2 atom stereocenters. The van der Waals surface area contributed by atoms with Crippen LogP contribution in [0, 0.1) is 0 Å². The zero-order chi connectivity index (χ0) is 27.2. The number of hydrogen-bond donors (Lipinski definition) is 3. The van der Waals surface area contributed by atoms with Crippen molar-refractivity contribution >= 4 is 34.1 Å². The summed E-state index contributed by atoms with van der Waals surface area (Å²) in [5.74, 6) is -1.43. The van der Waals surface area contributed by atoms with Gasteiger partial charge in [-0.25, -0.2) is 15.0 Å². The molecule has 0 radical (unpaired) electrons. The molecule has 0 unspecified atom stereocenters. The van der Waals surface area contributed by atoms with E-state index in [2.05, 4.69) is 49.3 Å². The third kappa shape index (κ3) is 4.84. The van der Waals surface area contributed by atoms with Crippen molar-refractivity contribution in [1.29, 1.82) is 0 Å². The smallest absolute Gasteiger partial charge is 0.368 e. The van der Waals surface area contributed by atoms with E-state index in [1.54, 1.807) is 23.7 Å². The Labute approximate surface area is 216 Å². The first-order valence-corrected chi connectivity index (χ1v) is 11.9. The highest BCUT2D eigenvalue weighted by atomic mass is 19.4. The number of hydrogen-bond acceptors (Lipinski definition) is 8. The fourth-order valence-electron chi connectivity index (χ4n) is 4.73. The summed E-state index contributed by atoms with van der Waals surface area (Å²) in [6, 6.07) is 7.76. The molecule has 1 amide bonds. The van der Waals surface area contributed by atoms with Crippen LogP contribution in [0.25, 0.3) is 22.3 Å². The molecular formula is C25H26F3N9O. The minimum atomic E-state index is -4.88. The Morgan fingerprint density at radius 1 is 1.11 bits per heavy atom.